The molecule has 2 atom stereocenters. The molecule has 0 bridgehead atoms. The third-order valence-corrected chi connectivity index (χ3v) is 5.61. The first-order valence-electron chi connectivity index (χ1n) is 8.33. The van der Waals surface area contributed by atoms with Crippen LogP contribution in [0, 0.1) is 5.41 Å². The minimum atomic E-state index is -3.35. The molecule has 0 saturated heterocycles. The fourth-order valence-corrected chi connectivity index (χ4v) is 3.80. The minimum absolute atomic E-state index is 0.0150. The molecule has 1 N–H and O–H groups in total. The Bertz CT molecular complexity index is 598. The molecule has 0 aliphatic heterocycles. The first-order valence-corrected chi connectivity index (χ1v) is 10.2. The van der Waals surface area contributed by atoms with Crippen LogP contribution < -0.4 is 0 Å². The Labute approximate surface area is 147 Å². The zero-order chi connectivity index (χ0) is 18.8. The molecule has 0 spiro atoms. The third kappa shape index (κ3) is 6.53. The van der Waals surface area contributed by atoms with Gasteiger partial charge in [-0.2, -0.15) is 4.31 Å². The smallest absolute Gasteiger partial charge is 0.211 e. The van der Waals surface area contributed by atoms with E-state index in [1.54, 1.807) is 12.4 Å². The molecule has 24 heavy (non-hydrogen) atoms. The molecule has 1 aromatic heterocycles. The standard InChI is InChI=1S/C17H33N3O3S/c1-13(16(2,3)4)23-14(11-15-18-9-10-19-15)12-20(17(5,6)7)24(8,21)22/h9-10,13-14H,11-12H2,1-8H3,(H,18,19). The summed E-state index contributed by atoms with van der Waals surface area (Å²) in [5, 5.41) is 0. The SMILES string of the molecule is CC(OC(Cc1ncc[nH]1)CN(C(C)(C)C)S(C)(=O)=O)C(C)(C)C. The third-order valence-electron chi connectivity index (χ3n) is 4.11. The van der Waals surface area contributed by atoms with Gasteiger partial charge in [-0.1, -0.05) is 20.8 Å². The van der Waals surface area contributed by atoms with Crippen LogP contribution in [0.4, 0.5) is 0 Å². The Morgan fingerprint density at radius 1 is 1.25 bits per heavy atom. The van der Waals surface area contributed by atoms with E-state index in [0.29, 0.717) is 13.0 Å². The second-order valence-corrected chi connectivity index (χ2v) is 10.4. The van der Waals surface area contributed by atoms with Crippen molar-refractivity contribution in [1.82, 2.24) is 14.3 Å². The Kier molecular flexibility index (Phi) is 6.63. The monoisotopic (exact) mass is 359 g/mol. The maximum atomic E-state index is 12.2. The van der Waals surface area contributed by atoms with E-state index in [1.807, 2.05) is 27.7 Å². The summed E-state index contributed by atoms with van der Waals surface area (Å²) in [4.78, 5) is 7.32. The zero-order valence-corrected chi connectivity index (χ0v) is 17.1. The Morgan fingerprint density at radius 3 is 2.21 bits per heavy atom. The maximum Gasteiger partial charge on any atom is 0.211 e. The number of sulfonamides is 1. The summed E-state index contributed by atoms with van der Waals surface area (Å²) in [6.45, 7) is 14.3. The number of hydrogen-bond donors (Lipinski definition) is 1. The van der Waals surface area contributed by atoms with Gasteiger partial charge in [0.15, 0.2) is 0 Å². The van der Waals surface area contributed by atoms with Gasteiger partial charge in [-0.25, -0.2) is 13.4 Å². The lowest BCUT2D eigenvalue weighted by molar-refractivity contribution is -0.0650. The average molecular weight is 360 g/mol. The second kappa shape index (κ2) is 7.54. The molecule has 1 rings (SSSR count). The van der Waals surface area contributed by atoms with Crippen LogP contribution in [0.5, 0.6) is 0 Å². The van der Waals surface area contributed by atoms with E-state index >= 15 is 0 Å². The summed E-state index contributed by atoms with van der Waals surface area (Å²) in [5.41, 5.74) is -0.539. The normalized spacial score (nSPS) is 16.4. The van der Waals surface area contributed by atoms with Crippen LogP contribution in [0.25, 0.3) is 0 Å². The van der Waals surface area contributed by atoms with Gasteiger partial charge in [-0.3, -0.25) is 0 Å². The number of imidazole rings is 1. The van der Waals surface area contributed by atoms with Crippen LogP contribution in [0.15, 0.2) is 12.4 Å². The van der Waals surface area contributed by atoms with Crippen LogP contribution in [0.3, 0.4) is 0 Å². The number of ether oxygens (including phenoxy) is 1. The second-order valence-electron chi connectivity index (χ2n) is 8.47. The van der Waals surface area contributed by atoms with Gasteiger partial charge in [-0.15, -0.1) is 0 Å². The van der Waals surface area contributed by atoms with Crippen molar-refractivity contribution in [2.75, 3.05) is 12.8 Å². The lowest BCUT2D eigenvalue weighted by Gasteiger charge is -2.38. The first-order chi connectivity index (χ1) is 10.7. The van der Waals surface area contributed by atoms with Crippen LogP contribution in [0.1, 0.15) is 54.3 Å². The molecule has 0 aliphatic carbocycles. The van der Waals surface area contributed by atoms with Gasteiger partial charge in [0, 0.05) is 30.9 Å². The van der Waals surface area contributed by atoms with Crippen molar-refractivity contribution in [3.8, 4) is 0 Å². The largest absolute Gasteiger partial charge is 0.373 e. The van der Waals surface area contributed by atoms with E-state index in [0.717, 1.165) is 5.82 Å². The molecule has 0 aliphatic rings. The van der Waals surface area contributed by atoms with Crippen molar-refractivity contribution in [3.05, 3.63) is 18.2 Å². The van der Waals surface area contributed by atoms with Gasteiger partial charge in [0.05, 0.1) is 18.5 Å². The number of nitrogens with zero attached hydrogens (tertiary/aromatic N) is 2. The first kappa shape index (κ1) is 21.1. The van der Waals surface area contributed by atoms with E-state index in [9.17, 15) is 8.42 Å². The molecule has 0 saturated carbocycles. The molecular formula is C17H33N3O3S. The molecule has 7 heteroatoms. The Balaban J connectivity index is 3.03. The summed E-state index contributed by atoms with van der Waals surface area (Å²) in [5.74, 6) is 0.795. The predicted molar refractivity (Wildman–Crippen MR) is 97.4 cm³/mol. The number of hydrogen-bond acceptors (Lipinski definition) is 4. The molecule has 0 fully saturated rings. The molecule has 0 radical (unpaired) electrons. The summed E-state index contributed by atoms with van der Waals surface area (Å²) in [6.07, 6.45) is 4.94. The topological polar surface area (TPSA) is 75.3 Å². The highest BCUT2D eigenvalue weighted by atomic mass is 32.2. The predicted octanol–water partition coefficient (Wildman–Crippen LogP) is 2.83. The van der Waals surface area contributed by atoms with Gasteiger partial charge < -0.3 is 9.72 Å². The maximum absolute atomic E-state index is 12.2. The van der Waals surface area contributed by atoms with E-state index in [1.165, 1.54) is 10.6 Å². The van der Waals surface area contributed by atoms with Crippen LogP contribution >= 0.6 is 0 Å². The van der Waals surface area contributed by atoms with Gasteiger partial charge in [0.25, 0.3) is 0 Å². The van der Waals surface area contributed by atoms with E-state index < -0.39 is 15.6 Å². The van der Waals surface area contributed by atoms with Crippen LogP contribution in [-0.2, 0) is 21.2 Å². The van der Waals surface area contributed by atoms with Crippen molar-refractivity contribution in [2.45, 2.75) is 72.6 Å². The summed E-state index contributed by atoms with van der Waals surface area (Å²) < 4.78 is 32.2. The van der Waals surface area contributed by atoms with Crippen molar-refractivity contribution in [1.29, 1.82) is 0 Å². The summed E-state index contributed by atoms with van der Waals surface area (Å²) in [7, 11) is -3.35. The van der Waals surface area contributed by atoms with E-state index in [-0.39, 0.29) is 17.6 Å². The van der Waals surface area contributed by atoms with Gasteiger partial charge in [0.2, 0.25) is 10.0 Å². The van der Waals surface area contributed by atoms with Crippen LogP contribution in [-0.4, -0.2) is 53.2 Å². The molecule has 6 nitrogen and oxygen atoms in total. The fraction of sp³-hybridized carbons (Fsp3) is 0.824. The highest BCUT2D eigenvalue weighted by molar-refractivity contribution is 7.88. The average Bonchev–Trinajstić information content (AvgIpc) is 2.84. The minimum Gasteiger partial charge on any atom is -0.373 e. The quantitative estimate of drug-likeness (QED) is 0.812. The lowest BCUT2D eigenvalue weighted by atomic mass is 9.90. The Morgan fingerprint density at radius 2 is 1.83 bits per heavy atom. The molecule has 140 valence electrons. The van der Waals surface area contributed by atoms with Gasteiger partial charge >= 0.3 is 0 Å². The summed E-state index contributed by atoms with van der Waals surface area (Å²) in [6, 6.07) is 0. The van der Waals surface area contributed by atoms with Crippen molar-refractivity contribution < 1.29 is 13.2 Å². The molecule has 1 heterocycles. The Hall–Kier alpha value is -0.920. The molecule has 0 aromatic carbocycles. The molecule has 1 aromatic rings. The molecule has 0 amide bonds. The number of H-pyrrole nitrogens is 1. The highest BCUT2D eigenvalue weighted by Gasteiger charge is 2.34. The number of aromatic nitrogens is 2. The van der Waals surface area contributed by atoms with E-state index in [4.69, 9.17) is 4.74 Å². The van der Waals surface area contributed by atoms with E-state index in [2.05, 4.69) is 30.7 Å². The van der Waals surface area contributed by atoms with Gasteiger partial charge in [-0.05, 0) is 33.1 Å². The number of aromatic amines is 1. The number of nitrogens with one attached hydrogen (secondary N) is 1. The van der Waals surface area contributed by atoms with Crippen molar-refractivity contribution in [3.63, 3.8) is 0 Å². The van der Waals surface area contributed by atoms with Gasteiger partial charge in [0.1, 0.15) is 5.82 Å². The molecular weight excluding hydrogens is 326 g/mol. The fourth-order valence-electron chi connectivity index (χ4n) is 2.37. The zero-order valence-electron chi connectivity index (χ0n) is 16.3. The van der Waals surface area contributed by atoms with Crippen molar-refractivity contribution in [2.24, 2.45) is 5.41 Å². The number of rotatable bonds is 7. The van der Waals surface area contributed by atoms with Crippen molar-refractivity contribution >= 4 is 10.0 Å². The lowest BCUT2D eigenvalue weighted by Crippen LogP contribution is -2.50. The molecule has 2 unspecified atom stereocenters. The van der Waals surface area contributed by atoms with Crippen LogP contribution in [0.2, 0.25) is 0 Å². The highest BCUT2D eigenvalue weighted by Crippen LogP contribution is 2.25. The summed E-state index contributed by atoms with van der Waals surface area (Å²) >= 11 is 0.